The summed E-state index contributed by atoms with van der Waals surface area (Å²) < 4.78 is 6.05. The number of hydrogen-bond donors (Lipinski definition) is 1. The Labute approximate surface area is 168 Å². The first kappa shape index (κ1) is 20.6. The summed E-state index contributed by atoms with van der Waals surface area (Å²) in [5.41, 5.74) is 0. The summed E-state index contributed by atoms with van der Waals surface area (Å²) in [5, 5.41) is 4.27. The second kappa shape index (κ2) is 9.83. The highest BCUT2D eigenvalue weighted by Crippen LogP contribution is 2.25. The van der Waals surface area contributed by atoms with E-state index in [0.29, 0.717) is 17.4 Å². The predicted octanol–water partition coefficient (Wildman–Crippen LogP) is 2.12. The molecule has 0 amide bonds. The normalized spacial score (nSPS) is 31.8. The Morgan fingerprint density at radius 3 is 2.92 bits per heavy atom. The molecule has 3 heterocycles. The zero-order valence-corrected chi connectivity index (χ0v) is 18.4. The third-order valence-electron chi connectivity index (χ3n) is 5.30. The van der Waals surface area contributed by atoms with Crippen LogP contribution in [0.4, 0.5) is 0 Å². The topological polar surface area (TPSA) is 40.1 Å². The molecule has 1 N–H and O–H groups in total. The van der Waals surface area contributed by atoms with E-state index in [-0.39, 0.29) is 24.0 Å². The lowest BCUT2D eigenvalue weighted by atomic mass is 10.1. The molecule has 0 aromatic carbocycles. The number of aliphatic imine (C=N–C) groups is 1. The summed E-state index contributed by atoms with van der Waals surface area (Å²) in [4.78, 5) is 9.53. The number of thioether (sulfide) groups is 1. The van der Waals surface area contributed by atoms with Crippen molar-refractivity contribution in [3.05, 3.63) is 0 Å². The zero-order chi connectivity index (χ0) is 16.2. The van der Waals surface area contributed by atoms with E-state index in [1.807, 2.05) is 7.05 Å². The van der Waals surface area contributed by atoms with Crippen molar-refractivity contribution in [2.75, 3.05) is 52.1 Å². The minimum Gasteiger partial charge on any atom is -0.373 e. The van der Waals surface area contributed by atoms with Gasteiger partial charge in [-0.25, -0.2) is 0 Å². The van der Waals surface area contributed by atoms with Crippen LogP contribution in [-0.2, 0) is 4.74 Å². The Morgan fingerprint density at radius 2 is 2.17 bits per heavy atom. The van der Waals surface area contributed by atoms with Crippen molar-refractivity contribution in [1.29, 1.82) is 0 Å². The van der Waals surface area contributed by atoms with Gasteiger partial charge >= 0.3 is 0 Å². The first-order chi connectivity index (χ1) is 11.2. The van der Waals surface area contributed by atoms with Crippen LogP contribution in [-0.4, -0.2) is 85.3 Å². The molecule has 140 valence electrons. The number of nitrogens with one attached hydrogen (secondary N) is 1. The SMILES string of the molecule is CN=C(NCC1CN2CCCC2CO1)N1CCSC(C(C)C)C1.I. The minimum absolute atomic E-state index is 0. The van der Waals surface area contributed by atoms with Crippen LogP contribution in [0, 0.1) is 5.92 Å². The van der Waals surface area contributed by atoms with E-state index in [2.05, 4.69) is 45.7 Å². The lowest BCUT2D eigenvalue weighted by molar-refractivity contribution is -0.0454. The number of rotatable bonds is 3. The van der Waals surface area contributed by atoms with Crippen LogP contribution in [0.25, 0.3) is 0 Å². The van der Waals surface area contributed by atoms with Crippen LogP contribution >= 0.6 is 35.7 Å². The van der Waals surface area contributed by atoms with Crippen molar-refractivity contribution in [2.45, 2.75) is 44.1 Å². The lowest BCUT2D eigenvalue weighted by Crippen LogP contribution is -2.53. The monoisotopic (exact) mass is 468 g/mol. The maximum Gasteiger partial charge on any atom is 0.193 e. The van der Waals surface area contributed by atoms with E-state index >= 15 is 0 Å². The molecule has 7 heteroatoms. The van der Waals surface area contributed by atoms with E-state index in [4.69, 9.17) is 4.74 Å². The molecule has 3 atom stereocenters. The molecular formula is C17H33IN4OS. The molecule has 0 radical (unpaired) electrons. The van der Waals surface area contributed by atoms with Crippen molar-refractivity contribution in [3.8, 4) is 0 Å². The Kier molecular flexibility index (Phi) is 8.43. The molecule has 5 nitrogen and oxygen atoms in total. The van der Waals surface area contributed by atoms with E-state index in [9.17, 15) is 0 Å². The summed E-state index contributed by atoms with van der Waals surface area (Å²) in [6.07, 6.45) is 2.93. The fraction of sp³-hybridized carbons (Fsp3) is 0.941. The van der Waals surface area contributed by atoms with Crippen molar-refractivity contribution in [2.24, 2.45) is 10.9 Å². The van der Waals surface area contributed by atoms with Crippen molar-refractivity contribution < 1.29 is 4.74 Å². The van der Waals surface area contributed by atoms with Gasteiger partial charge in [-0.1, -0.05) is 13.8 Å². The molecule has 3 saturated heterocycles. The highest BCUT2D eigenvalue weighted by molar-refractivity contribution is 14.0. The number of halogens is 1. The first-order valence-electron chi connectivity index (χ1n) is 9.10. The van der Waals surface area contributed by atoms with Gasteiger partial charge in [0.2, 0.25) is 0 Å². The third-order valence-corrected chi connectivity index (χ3v) is 6.84. The van der Waals surface area contributed by atoms with Gasteiger partial charge in [0.1, 0.15) is 0 Å². The number of ether oxygens (including phenoxy) is 1. The van der Waals surface area contributed by atoms with E-state index in [0.717, 1.165) is 44.7 Å². The number of fused-ring (bicyclic) bond motifs is 1. The Morgan fingerprint density at radius 1 is 1.33 bits per heavy atom. The van der Waals surface area contributed by atoms with E-state index < -0.39 is 0 Å². The van der Waals surface area contributed by atoms with Crippen LogP contribution in [0.15, 0.2) is 4.99 Å². The van der Waals surface area contributed by atoms with Gasteiger partial charge in [-0.15, -0.1) is 24.0 Å². The molecule has 3 fully saturated rings. The van der Waals surface area contributed by atoms with Crippen molar-refractivity contribution in [1.82, 2.24) is 15.1 Å². The summed E-state index contributed by atoms with van der Waals surface area (Å²) in [7, 11) is 1.90. The minimum atomic E-state index is 0. The molecule has 0 aromatic heterocycles. The quantitative estimate of drug-likeness (QED) is 0.391. The summed E-state index contributed by atoms with van der Waals surface area (Å²) in [6.45, 7) is 10.9. The molecule has 0 bridgehead atoms. The van der Waals surface area contributed by atoms with Gasteiger partial charge in [0.05, 0.1) is 12.7 Å². The molecule has 0 aromatic rings. The second-order valence-corrected chi connectivity index (χ2v) is 8.62. The fourth-order valence-electron chi connectivity index (χ4n) is 3.82. The first-order valence-corrected chi connectivity index (χ1v) is 10.1. The maximum absolute atomic E-state index is 6.05. The van der Waals surface area contributed by atoms with Gasteiger partial charge in [-0.2, -0.15) is 11.8 Å². The number of nitrogens with zero attached hydrogens (tertiary/aromatic N) is 3. The molecule has 3 aliphatic heterocycles. The average Bonchev–Trinajstić information content (AvgIpc) is 3.03. The predicted molar refractivity (Wildman–Crippen MR) is 114 cm³/mol. The van der Waals surface area contributed by atoms with Gasteiger partial charge in [-0.3, -0.25) is 9.89 Å². The largest absolute Gasteiger partial charge is 0.373 e. The standard InChI is InChI=1S/C17H32N4OS.HI/c1-13(2)16-11-21(7-8-23-16)17(18-3)19-9-15-10-20-6-4-5-14(20)12-22-15;/h13-16H,4-12H2,1-3H3,(H,18,19);1H. The highest BCUT2D eigenvalue weighted by atomic mass is 127. The fourth-order valence-corrected chi connectivity index (χ4v) is 5.12. The lowest BCUT2D eigenvalue weighted by Gasteiger charge is -2.38. The van der Waals surface area contributed by atoms with Crippen LogP contribution in [0.2, 0.25) is 0 Å². The van der Waals surface area contributed by atoms with Gasteiger partial charge in [-0.05, 0) is 25.3 Å². The van der Waals surface area contributed by atoms with Gasteiger partial charge in [0.25, 0.3) is 0 Å². The Balaban J connectivity index is 0.00000208. The van der Waals surface area contributed by atoms with E-state index in [1.54, 1.807) is 0 Å². The maximum atomic E-state index is 6.05. The molecule has 0 spiro atoms. The van der Waals surface area contributed by atoms with Gasteiger partial charge < -0.3 is 15.0 Å². The Bertz CT molecular complexity index is 423. The summed E-state index contributed by atoms with van der Waals surface area (Å²) in [5.74, 6) is 2.96. The molecule has 0 saturated carbocycles. The molecule has 3 aliphatic rings. The number of guanidine groups is 1. The van der Waals surface area contributed by atoms with Crippen LogP contribution in [0.5, 0.6) is 0 Å². The van der Waals surface area contributed by atoms with Gasteiger partial charge in [0, 0.05) is 50.3 Å². The van der Waals surface area contributed by atoms with Crippen LogP contribution < -0.4 is 5.32 Å². The summed E-state index contributed by atoms with van der Waals surface area (Å²) >= 11 is 2.10. The van der Waals surface area contributed by atoms with Crippen molar-refractivity contribution >= 4 is 41.7 Å². The highest BCUT2D eigenvalue weighted by Gasteiger charge is 2.32. The molecular weight excluding hydrogens is 435 g/mol. The average molecular weight is 468 g/mol. The van der Waals surface area contributed by atoms with E-state index in [1.165, 1.54) is 25.1 Å². The molecule has 3 unspecified atom stereocenters. The smallest absolute Gasteiger partial charge is 0.193 e. The Hall–Kier alpha value is 0.270. The number of morpholine rings is 1. The molecule has 24 heavy (non-hydrogen) atoms. The van der Waals surface area contributed by atoms with Gasteiger partial charge in [0.15, 0.2) is 5.96 Å². The number of hydrogen-bond acceptors (Lipinski definition) is 4. The van der Waals surface area contributed by atoms with Crippen molar-refractivity contribution in [3.63, 3.8) is 0 Å². The summed E-state index contributed by atoms with van der Waals surface area (Å²) in [6, 6.07) is 0.677. The van der Waals surface area contributed by atoms with Crippen LogP contribution in [0.3, 0.4) is 0 Å². The molecule has 0 aliphatic carbocycles. The molecule has 3 rings (SSSR count). The second-order valence-electron chi connectivity index (χ2n) is 7.27. The third kappa shape index (κ3) is 5.14. The van der Waals surface area contributed by atoms with Crippen LogP contribution in [0.1, 0.15) is 26.7 Å². The zero-order valence-electron chi connectivity index (χ0n) is 15.2.